The van der Waals surface area contributed by atoms with Crippen molar-refractivity contribution in [3.63, 3.8) is 0 Å². The molecule has 3 aliphatic heterocycles. The van der Waals surface area contributed by atoms with Crippen LogP contribution in [-0.2, 0) is 4.79 Å². The molecule has 3 rings (SSSR count). The maximum absolute atomic E-state index is 10.8. The van der Waals surface area contributed by atoms with Gasteiger partial charge >= 0.3 is 5.97 Å². The van der Waals surface area contributed by atoms with Crippen molar-refractivity contribution in [1.29, 1.82) is 0 Å². The van der Waals surface area contributed by atoms with Crippen LogP contribution in [-0.4, -0.2) is 59.1 Å². The molecule has 4 unspecified atom stereocenters. The van der Waals surface area contributed by atoms with Crippen LogP contribution in [0.5, 0.6) is 0 Å². The van der Waals surface area contributed by atoms with Crippen LogP contribution in [0.25, 0.3) is 0 Å². The zero-order valence-electron chi connectivity index (χ0n) is 7.23. The molecule has 0 radical (unpaired) electrons. The predicted octanol–water partition coefficient (Wildman–Crippen LogP) is -0.541. The molecule has 3 saturated heterocycles. The molecule has 4 atom stereocenters. The van der Waals surface area contributed by atoms with Gasteiger partial charge in [0.15, 0.2) is 0 Å². The molecule has 0 aromatic rings. The number of carbonyl (C=O) groups is 1. The second-order valence-electron chi connectivity index (χ2n) is 3.69. The number of aliphatic carboxylic acids is 1. The highest BCUT2D eigenvalue weighted by Gasteiger charge is 2.39. The summed E-state index contributed by atoms with van der Waals surface area (Å²) in [6.07, 6.45) is 0. The fourth-order valence-corrected chi connectivity index (χ4v) is 2.15. The molecule has 0 aromatic heterocycles. The summed E-state index contributed by atoms with van der Waals surface area (Å²) in [5.74, 6) is -0.674. The van der Waals surface area contributed by atoms with Crippen molar-refractivity contribution >= 4 is 5.97 Å². The first-order chi connectivity index (χ1) is 5.68. The van der Waals surface area contributed by atoms with Crippen LogP contribution in [0.3, 0.4) is 0 Å². The van der Waals surface area contributed by atoms with Gasteiger partial charge in [-0.3, -0.25) is 14.6 Å². The third-order valence-electron chi connectivity index (χ3n) is 2.93. The van der Waals surface area contributed by atoms with Gasteiger partial charge in [0.25, 0.3) is 0 Å². The van der Waals surface area contributed by atoms with Gasteiger partial charge < -0.3 is 5.11 Å². The summed E-state index contributed by atoms with van der Waals surface area (Å²) in [5.41, 5.74) is 0. The number of hydrogen-bond donors (Lipinski definition) is 1. The molecular weight excluding hydrogens is 156 g/mol. The Labute approximate surface area is 71.8 Å². The molecule has 3 heterocycles. The van der Waals surface area contributed by atoms with E-state index < -0.39 is 5.97 Å². The van der Waals surface area contributed by atoms with E-state index >= 15 is 0 Å². The number of hydrogen-bond acceptors (Lipinski definition) is 3. The maximum atomic E-state index is 10.8. The summed E-state index contributed by atoms with van der Waals surface area (Å²) < 4.78 is 0. The first-order valence-corrected chi connectivity index (χ1v) is 4.39. The molecule has 0 spiro atoms. The van der Waals surface area contributed by atoms with Gasteiger partial charge in [0.1, 0.15) is 6.04 Å². The Kier molecular flexibility index (Phi) is 1.81. The first-order valence-electron chi connectivity index (χ1n) is 4.39. The number of carboxylic acid groups (broad SMARTS) is 1. The van der Waals surface area contributed by atoms with Crippen LogP contribution in [0.4, 0.5) is 0 Å². The van der Waals surface area contributed by atoms with Gasteiger partial charge in [-0.1, -0.05) is 0 Å². The molecule has 12 heavy (non-hydrogen) atoms. The standard InChI is InChI=1S/C8H14N2O2/c1-6-4-10-3-2-9(6)5-7(10)8(11)12/h6-7H,2-5H2,1H3,(H,11,12). The third kappa shape index (κ3) is 1.11. The minimum Gasteiger partial charge on any atom is -0.480 e. The van der Waals surface area contributed by atoms with Crippen molar-refractivity contribution in [3.8, 4) is 0 Å². The minimum absolute atomic E-state index is 0.255. The lowest BCUT2D eigenvalue weighted by molar-refractivity contribution is -0.150. The van der Waals surface area contributed by atoms with E-state index in [9.17, 15) is 4.79 Å². The van der Waals surface area contributed by atoms with Crippen molar-refractivity contribution in [1.82, 2.24) is 9.80 Å². The number of nitrogens with zero attached hydrogens (tertiary/aromatic N) is 2. The van der Waals surface area contributed by atoms with E-state index in [-0.39, 0.29) is 6.04 Å². The average Bonchev–Trinajstić information content (AvgIpc) is 2.04. The molecule has 4 nitrogen and oxygen atoms in total. The Balaban J connectivity index is 2.10. The Bertz CT molecular complexity index is 207. The van der Waals surface area contributed by atoms with Crippen LogP contribution < -0.4 is 0 Å². The van der Waals surface area contributed by atoms with Crippen molar-refractivity contribution in [2.24, 2.45) is 0 Å². The van der Waals surface area contributed by atoms with Gasteiger partial charge in [0.2, 0.25) is 0 Å². The molecule has 68 valence electrons. The van der Waals surface area contributed by atoms with E-state index in [0.717, 1.165) is 19.6 Å². The summed E-state index contributed by atoms with van der Waals surface area (Å²) in [6, 6.07) is 0.282. The van der Waals surface area contributed by atoms with E-state index in [1.807, 2.05) is 0 Å². The molecule has 1 N–H and O–H groups in total. The van der Waals surface area contributed by atoms with E-state index in [2.05, 4.69) is 16.7 Å². The third-order valence-corrected chi connectivity index (χ3v) is 2.93. The van der Waals surface area contributed by atoms with Gasteiger partial charge in [-0.05, 0) is 6.92 Å². The summed E-state index contributed by atoms with van der Waals surface area (Å²) in [5, 5.41) is 8.88. The fraction of sp³-hybridized carbons (Fsp3) is 0.875. The highest BCUT2D eigenvalue weighted by atomic mass is 16.4. The Morgan fingerprint density at radius 2 is 2.00 bits per heavy atom. The fourth-order valence-electron chi connectivity index (χ4n) is 2.15. The lowest BCUT2D eigenvalue weighted by Gasteiger charge is -2.49. The van der Waals surface area contributed by atoms with Crippen molar-refractivity contribution < 1.29 is 9.90 Å². The quantitative estimate of drug-likeness (QED) is 0.574. The van der Waals surface area contributed by atoms with Crippen molar-refractivity contribution in [2.75, 3.05) is 26.2 Å². The van der Waals surface area contributed by atoms with Crippen LogP contribution in [0.2, 0.25) is 0 Å². The summed E-state index contributed by atoms with van der Waals surface area (Å²) in [6.45, 7) is 5.73. The van der Waals surface area contributed by atoms with E-state index in [1.54, 1.807) is 0 Å². The predicted molar refractivity (Wildman–Crippen MR) is 44.0 cm³/mol. The summed E-state index contributed by atoms with van der Waals surface area (Å²) in [4.78, 5) is 15.1. The van der Waals surface area contributed by atoms with E-state index in [4.69, 9.17) is 5.11 Å². The second kappa shape index (κ2) is 2.71. The van der Waals surface area contributed by atoms with Gasteiger partial charge in [0, 0.05) is 32.2 Å². The molecule has 2 bridgehead atoms. The molecular formula is C8H14N2O2. The van der Waals surface area contributed by atoms with Crippen LogP contribution in [0.15, 0.2) is 0 Å². The number of fused-ring (bicyclic) bond motifs is 3. The smallest absolute Gasteiger partial charge is 0.322 e. The molecule has 0 aliphatic carbocycles. The van der Waals surface area contributed by atoms with Gasteiger partial charge in [0.05, 0.1) is 0 Å². The summed E-state index contributed by atoms with van der Waals surface area (Å²) >= 11 is 0. The Hall–Kier alpha value is -0.610. The van der Waals surface area contributed by atoms with Crippen LogP contribution >= 0.6 is 0 Å². The molecule has 0 amide bonds. The van der Waals surface area contributed by atoms with E-state index in [0.29, 0.717) is 12.6 Å². The lowest BCUT2D eigenvalue weighted by atomic mass is 10.0. The zero-order chi connectivity index (χ0) is 8.72. The van der Waals surface area contributed by atoms with E-state index in [1.165, 1.54) is 0 Å². The number of carboxylic acids is 1. The molecule has 0 aromatic carbocycles. The molecule has 3 aliphatic rings. The van der Waals surface area contributed by atoms with Crippen LogP contribution in [0.1, 0.15) is 6.92 Å². The SMILES string of the molecule is CC1CN2CCN1CC2C(=O)O. The van der Waals surface area contributed by atoms with Crippen LogP contribution in [0, 0.1) is 0 Å². The normalized spacial score (nSPS) is 46.1. The average molecular weight is 170 g/mol. The van der Waals surface area contributed by atoms with Crippen molar-refractivity contribution in [2.45, 2.75) is 19.0 Å². The summed E-state index contributed by atoms with van der Waals surface area (Å²) in [7, 11) is 0. The highest BCUT2D eigenvalue weighted by Crippen LogP contribution is 2.20. The van der Waals surface area contributed by atoms with Gasteiger partial charge in [-0.25, -0.2) is 0 Å². The largest absolute Gasteiger partial charge is 0.480 e. The lowest BCUT2D eigenvalue weighted by Crippen LogP contribution is -2.66. The van der Waals surface area contributed by atoms with Gasteiger partial charge in [-0.2, -0.15) is 0 Å². The highest BCUT2D eigenvalue weighted by molar-refractivity contribution is 5.74. The minimum atomic E-state index is -0.674. The Morgan fingerprint density at radius 1 is 1.33 bits per heavy atom. The van der Waals surface area contributed by atoms with Crippen molar-refractivity contribution in [3.05, 3.63) is 0 Å². The number of piperazine rings is 3. The zero-order valence-corrected chi connectivity index (χ0v) is 7.23. The molecule has 0 saturated carbocycles. The van der Waals surface area contributed by atoms with Gasteiger partial charge in [-0.15, -0.1) is 0 Å². The molecule has 3 fully saturated rings. The first kappa shape index (κ1) is 8.01. The molecule has 4 heteroatoms. The monoisotopic (exact) mass is 170 g/mol. The topological polar surface area (TPSA) is 43.8 Å². The maximum Gasteiger partial charge on any atom is 0.322 e. The number of rotatable bonds is 1. The Morgan fingerprint density at radius 3 is 2.42 bits per heavy atom. The second-order valence-corrected chi connectivity index (χ2v) is 3.69.